The standard InChI is InChI=1S/C19H21ClN4O2/c1-12(18-23-15-5-3-4-6-16(15)24(18)2)22-19(25)14-11-13(20)7-8-17(14)26-10-9-21/h3-8,11-12H,9-10,21H2,1-2H3,(H,22,25)/t12-/m0/s1. The number of carbonyl (C=O) groups is 1. The minimum Gasteiger partial charge on any atom is -0.491 e. The summed E-state index contributed by atoms with van der Waals surface area (Å²) in [5, 5.41) is 3.43. The molecule has 7 heteroatoms. The molecular formula is C19H21ClN4O2. The van der Waals surface area contributed by atoms with E-state index in [4.69, 9.17) is 22.1 Å². The van der Waals surface area contributed by atoms with E-state index in [1.54, 1.807) is 18.2 Å². The summed E-state index contributed by atoms with van der Waals surface area (Å²) in [6.45, 7) is 2.58. The third-order valence-corrected chi connectivity index (χ3v) is 4.35. The molecule has 0 aliphatic rings. The minimum atomic E-state index is -0.291. The molecule has 0 fully saturated rings. The maximum Gasteiger partial charge on any atom is 0.255 e. The summed E-state index contributed by atoms with van der Waals surface area (Å²) in [7, 11) is 1.93. The molecule has 0 spiro atoms. The lowest BCUT2D eigenvalue weighted by molar-refractivity contribution is 0.0934. The summed E-state index contributed by atoms with van der Waals surface area (Å²) >= 11 is 6.05. The van der Waals surface area contributed by atoms with Crippen molar-refractivity contribution in [3.8, 4) is 5.75 Å². The normalized spacial score (nSPS) is 12.2. The number of carbonyl (C=O) groups excluding carboxylic acids is 1. The summed E-state index contributed by atoms with van der Waals surface area (Å²) in [5.41, 5.74) is 7.75. The molecule has 0 bridgehead atoms. The van der Waals surface area contributed by atoms with Crippen molar-refractivity contribution in [2.45, 2.75) is 13.0 Å². The molecule has 0 unspecified atom stereocenters. The van der Waals surface area contributed by atoms with Gasteiger partial charge in [0.25, 0.3) is 5.91 Å². The van der Waals surface area contributed by atoms with Crippen LogP contribution in [-0.4, -0.2) is 28.6 Å². The molecule has 3 aromatic rings. The number of imidazole rings is 1. The molecule has 0 aliphatic heterocycles. The monoisotopic (exact) mass is 372 g/mol. The van der Waals surface area contributed by atoms with Gasteiger partial charge in [-0.3, -0.25) is 4.79 Å². The van der Waals surface area contributed by atoms with Crippen LogP contribution in [0, 0.1) is 0 Å². The second kappa shape index (κ2) is 7.76. The van der Waals surface area contributed by atoms with Crippen LogP contribution >= 0.6 is 11.6 Å². The largest absolute Gasteiger partial charge is 0.491 e. The van der Waals surface area contributed by atoms with Crippen LogP contribution in [0.2, 0.25) is 5.02 Å². The van der Waals surface area contributed by atoms with E-state index in [9.17, 15) is 4.79 Å². The zero-order valence-electron chi connectivity index (χ0n) is 14.7. The lowest BCUT2D eigenvalue weighted by Gasteiger charge is -2.16. The first-order valence-corrected chi connectivity index (χ1v) is 8.73. The Morgan fingerprint density at radius 1 is 1.35 bits per heavy atom. The molecule has 2 aromatic carbocycles. The Morgan fingerprint density at radius 3 is 2.85 bits per heavy atom. The van der Waals surface area contributed by atoms with Crippen molar-refractivity contribution in [1.82, 2.24) is 14.9 Å². The predicted octanol–water partition coefficient (Wildman–Crippen LogP) is 3.06. The number of ether oxygens (including phenoxy) is 1. The Hall–Kier alpha value is -2.57. The number of benzene rings is 2. The highest BCUT2D eigenvalue weighted by atomic mass is 35.5. The van der Waals surface area contributed by atoms with Crippen LogP contribution in [0.15, 0.2) is 42.5 Å². The average molecular weight is 373 g/mol. The molecular weight excluding hydrogens is 352 g/mol. The number of aryl methyl sites for hydroxylation is 1. The molecule has 1 aromatic heterocycles. The van der Waals surface area contributed by atoms with E-state index in [0.717, 1.165) is 16.9 Å². The number of nitrogens with zero attached hydrogens (tertiary/aromatic N) is 2. The molecule has 0 radical (unpaired) electrons. The Morgan fingerprint density at radius 2 is 2.12 bits per heavy atom. The maximum absolute atomic E-state index is 12.8. The fraction of sp³-hybridized carbons (Fsp3) is 0.263. The Balaban J connectivity index is 1.85. The number of aromatic nitrogens is 2. The van der Waals surface area contributed by atoms with Crippen molar-refractivity contribution in [2.24, 2.45) is 12.8 Å². The number of nitrogens with one attached hydrogen (secondary N) is 1. The van der Waals surface area contributed by atoms with Crippen molar-refractivity contribution in [3.63, 3.8) is 0 Å². The van der Waals surface area contributed by atoms with Gasteiger partial charge in [-0.05, 0) is 37.3 Å². The van der Waals surface area contributed by atoms with Crippen LogP contribution in [0.1, 0.15) is 29.1 Å². The molecule has 1 atom stereocenters. The van der Waals surface area contributed by atoms with Crippen LogP contribution in [0.3, 0.4) is 0 Å². The molecule has 6 nitrogen and oxygen atoms in total. The number of fused-ring (bicyclic) bond motifs is 1. The van der Waals surface area contributed by atoms with Crippen LogP contribution in [-0.2, 0) is 7.05 Å². The minimum absolute atomic E-state index is 0.279. The number of amides is 1. The topological polar surface area (TPSA) is 82.2 Å². The molecule has 1 heterocycles. The fourth-order valence-electron chi connectivity index (χ4n) is 2.86. The second-order valence-corrected chi connectivity index (χ2v) is 6.43. The number of rotatable bonds is 6. The number of para-hydroxylation sites is 2. The first-order valence-electron chi connectivity index (χ1n) is 8.36. The predicted molar refractivity (Wildman–Crippen MR) is 103 cm³/mol. The Bertz CT molecular complexity index is 938. The van der Waals surface area contributed by atoms with Crippen LogP contribution in [0.4, 0.5) is 0 Å². The third-order valence-electron chi connectivity index (χ3n) is 4.12. The SMILES string of the molecule is C[C@H](NC(=O)c1cc(Cl)ccc1OCCN)c1nc2ccccc2n1C. The van der Waals surface area contributed by atoms with Gasteiger partial charge in [-0.15, -0.1) is 0 Å². The Kier molecular flexibility index (Phi) is 5.44. The Labute approximate surface area is 156 Å². The van der Waals surface area contributed by atoms with Crippen LogP contribution in [0.5, 0.6) is 5.75 Å². The van der Waals surface area contributed by atoms with E-state index >= 15 is 0 Å². The van der Waals surface area contributed by atoms with Gasteiger partial charge in [-0.1, -0.05) is 23.7 Å². The lowest BCUT2D eigenvalue weighted by atomic mass is 10.1. The zero-order chi connectivity index (χ0) is 18.7. The van der Waals surface area contributed by atoms with E-state index in [0.29, 0.717) is 29.5 Å². The van der Waals surface area contributed by atoms with E-state index in [2.05, 4.69) is 10.3 Å². The molecule has 3 N–H and O–H groups in total. The fourth-order valence-corrected chi connectivity index (χ4v) is 3.04. The van der Waals surface area contributed by atoms with Crippen molar-refractivity contribution >= 4 is 28.5 Å². The summed E-state index contributed by atoms with van der Waals surface area (Å²) in [6, 6.07) is 12.5. The highest BCUT2D eigenvalue weighted by Gasteiger charge is 2.20. The first kappa shape index (κ1) is 18.2. The first-order chi connectivity index (χ1) is 12.5. The third kappa shape index (κ3) is 3.66. The van der Waals surface area contributed by atoms with Crippen molar-refractivity contribution < 1.29 is 9.53 Å². The lowest BCUT2D eigenvalue weighted by Crippen LogP contribution is -2.29. The van der Waals surface area contributed by atoms with Crippen LogP contribution < -0.4 is 15.8 Å². The van der Waals surface area contributed by atoms with Gasteiger partial charge in [0.15, 0.2) is 0 Å². The molecule has 0 saturated heterocycles. The van der Waals surface area contributed by atoms with Gasteiger partial charge in [0.1, 0.15) is 18.2 Å². The summed E-state index contributed by atoms with van der Waals surface area (Å²) < 4.78 is 7.53. The second-order valence-electron chi connectivity index (χ2n) is 5.99. The summed E-state index contributed by atoms with van der Waals surface area (Å²) in [5.74, 6) is 0.944. The van der Waals surface area contributed by atoms with Crippen LogP contribution in [0.25, 0.3) is 11.0 Å². The molecule has 1 amide bonds. The number of nitrogens with two attached hydrogens (primary N) is 1. The average Bonchev–Trinajstić information content (AvgIpc) is 2.98. The van der Waals surface area contributed by atoms with Gasteiger partial charge in [0, 0.05) is 18.6 Å². The molecule has 26 heavy (non-hydrogen) atoms. The van der Waals surface area contributed by atoms with Gasteiger partial charge < -0.3 is 20.4 Å². The highest BCUT2D eigenvalue weighted by Crippen LogP contribution is 2.25. The molecule has 136 valence electrons. The maximum atomic E-state index is 12.8. The molecule has 0 aliphatic carbocycles. The molecule has 3 rings (SSSR count). The van der Waals surface area contributed by atoms with Crippen molar-refractivity contribution in [2.75, 3.05) is 13.2 Å². The quantitative estimate of drug-likeness (QED) is 0.696. The summed E-state index contributed by atoms with van der Waals surface area (Å²) in [4.78, 5) is 17.4. The van der Waals surface area contributed by atoms with Crippen molar-refractivity contribution in [1.29, 1.82) is 0 Å². The highest BCUT2D eigenvalue weighted by molar-refractivity contribution is 6.31. The van der Waals surface area contributed by atoms with E-state index in [-0.39, 0.29) is 11.9 Å². The van der Waals surface area contributed by atoms with Gasteiger partial charge >= 0.3 is 0 Å². The van der Waals surface area contributed by atoms with E-state index in [1.807, 2.05) is 42.8 Å². The van der Waals surface area contributed by atoms with E-state index < -0.39 is 0 Å². The van der Waals surface area contributed by atoms with Gasteiger partial charge in [-0.25, -0.2) is 4.98 Å². The van der Waals surface area contributed by atoms with Crippen molar-refractivity contribution in [3.05, 3.63) is 58.9 Å². The molecule has 0 saturated carbocycles. The number of halogens is 1. The van der Waals surface area contributed by atoms with Gasteiger partial charge in [0.2, 0.25) is 0 Å². The number of hydrogen-bond donors (Lipinski definition) is 2. The number of hydrogen-bond acceptors (Lipinski definition) is 4. The zero-order valence-corrected chi connectivity index (χ0v) is 15.5. The van der Waals surface area contributed by atoms with E-state index in [1.165, 1.54) is 0 Å². The smallest absolute Gasteiger partial charge is 0.255 e. The summed E-state index contributed by atoms with van der Waals surface area (Å²) in [6.07, 6.45) is 0. The van der Waals surface area contributed by atoms with Gasteiger partial charge in [-0.2, -0.15) is 0 Å². The van der Waals surface area contributed by atoms with Gasteiger partial charge in [0.05, 0.1) is 22.6 Å².